The van der Waals surface area contributed by atoms with Gasteiger partial charge in [-0.15, -0.1) is 11.8 Å². The van der Waals surface area contributed by atoms with E-state index < -0.39 is 0 Å². The van der Waals surface area contributed by atoms with E-state index in [2.05, 4.69) is 22.4 Å². The summed E-state index contributed by atoms with van der Waals surface area (Å²) in [5.74, 6) is 2.72. The van der Waals surface area contributed by atoms with E-state index in [0.717, 1.165) is 18.1 Å². The van der Waals surface area contributed by atoms with Crippen molar-refractivity contribution in [3.8, 4) is 0 Å². The van der Waals surface area contributed by atoms with Crippen LogP contribution in [0, 0.1) is 0 Å². The van der Waals surface area contributed by atoms with Crippen LogP contribution in [0.2, 0.25) is 0 Å². The lowest BCUT2D eigenvalue weighted by molar-refractivity contribution is 0.339. The van der Waals surface area contributed by atoms with Crippen molar-refractivity contribution in [3.63, 3.8) is 0 Å². The zero-order valence-electron chi connectivity index (χ0n) is 8.54. The number of hydrogen-bond donors (Lipinski definition) is 1. The molecule has 0 aromatic carbocycles. The van der Waals surface area contributed by atoms with Crippen molar-refractivity contribution in [2.45, 2.75) is 31.1 Å². The molecule has 1 aliphatic rings. The maximum absolute atomic E-state index is 5.28. The minimum atomic E-state index is 0.0546. The van der Waals surface area contributed by atoms with Crippen LogP contribution in [0.4, 0.5) is 0 Å². The van der Waals surface area contributed by atoms with Gasteiger partial charge in [0.05, 0.1) is 11.3 Å². The Morgan fingerprint density at radius 1 is 1.64 bits per heavy atom. The summed E-state index contributed by atoms with van der Waals surface area (Å²) in [6, 6.07) is 0. The second kappa shape index (κ2) is 3.90. The molecule has 0 bridgehead atoms. The quantitative estimate of drug-likeness (QED) is 0.825. The fourth-order valence-corrected chi connectivity index (χ4v) is 2.88. The molecule has 14 heavy (non-hydrogen) atoms. The first kappa shape index (κ1) is 9.98. The van der Waals surface area contributed by atoms with Gasteiger partial charge in [0.25, 0.3) is 0 Å². The summed E-state index contributed by atoms with van der Waals surface area (Å²) in [5, 5.41) is 6.94. The molecule has 5 heteroatoms. The lowest BCUT2D eigenvalue weighted by Gasteiger charge is -2.15. The Morgan fingerprint density at radius 2 is 2.50 bits per heavy atom. The van der Waals surface area contributed by atoms with E-state index in [0.29, 0.717) is 6.54 Å². The highest BCUT2D eigenvalue weighted by Crippen LogP contribution is 2.45. The second-order valence-corrected chi connectivity index (χ2v) is 5.33. The van der Waals surface area contributed by atoms with Crippen molar-refractivity contribution in [3.05, 3.63) is 11.7 Å². The third-order valence-corrected chi connectivity index (χ3v) is 3.98. The van der Waals surface area contributed by atoms with E-state index in [1.165, 1.54) is 12.2 Å². The maximum atomic E-state index is 5.28. The van der Waals surface area contributed by atoms with E-state index >= 15 is 0 Å². The maximum Gasteiger partial charge on any atom is 0.242 e. The lowest BCUT2D eigenvalue weighted by atomic mass is 10.1. The van der Waals surface area contributed by atoms with E-state index in [1.54, 1.807) is 0 Å². The molecule has 1 saturated heterocycles. The normalized spacial score (nSPS) is 27.0. The molecule has 2 heterocycles. The Kier molecular flexibility index (Phi) is 2.78. The topological polar surface area (TPSA) is 51.0 Å². The Balaban J connectivity index is 2.15. The monoisotopic (exact) mass is 213 g/mol. The summed E-state index contributed by atoms with van der Waals surface area (Å²) in [6.45, 7) is 2.85. The Bertz CT molecular complexity index is 307. The summed E-state index contributed by atoms with van der Waals surface area (Å²) in [5.41, 5.74) is 0. The van der Waals surface area contributed by atoms with Crippen LogP contribution in [-0.2, 0) is 11.3 Å². The fraction of sp³-hybridized carbons (Fsp3) is 0.778. The van der Waals surface area contributed by atoms with Crippen LogP contribution in [0.15, 0.2) is 4.52 Å². The molecule has 1 fully saturated rings. The molecule has 1 N–H and O–H groups in total. The van der Waals surface area contributed by atoms with Gasteiger partial charge in [-0.25, -0.2) is 0 Å². The summed E-state index contributed by atoms with van der Waals surface area (Å²) >= 11 is 1.91. The van der Waals surface area contributed by atoms with Crippen LogP contribution in [0.25, 0.3) is 0 Å². The summed E-state index contributed by atoms with van der Waals surface area (Å²) in [6.07, 6.45) is 2.38. The van der Waals surface area contributed by atoms with Crippen molar-refractivity contribution >= 4 is 11.8 Å². The van der Waals surface area contributed by atoms with Crippen molar-refractivity contribution in [2.24, 2.45) is 0 Å². The molecule has 0 saturated carbocycles. The zero-order valence-corrected chi connectivity index (χ0v) is 9.36. The molecule has 2 rings (SSSR count). The largest absolute Gasteiger partial charge is 0.338 e. The first-order valence-corrected chi connectivity index (χ1v) is 5.85. The molecular weight excluding hydrogens is 198 g/mol. The molecule has 0 aliphatic carbocycles. The predicted molar refractivity (Wildman–Crippen MR) is 56.1 cm³/mol. The number of nitrogens with zero attached hydrogens (tertiary/aromatic N) is 2. The first-order valence-electron chi connectivity index (χ1n) is 4.86. The number of aromatic nitrogens is 2. The van der Waals surface area contributed by atoms with Crippen molar-refractivity contribution < 1.29 is 4.52 Å². The minimum Gasteiger partial charge on any atom is -0.338 e. The fourth-order valence-electron chi connectivity index (χ4n) is 1.65. The highest BCUT2D eigenvalue weighted by atomic mass is 32.2. The van der Waals surface area contributed by atoms with E-state index in [9.17, 15) is 0 Å². The van der Waals surface area contributed by atoms with E-state index in [4.69, 9.17) is 4.52 Å². The predicted octanol–water partition coefficient (Wildman–Crippen LogP) is 1.53. The molecule has 0 spiro atoms. The van der Waals surface area contributed by atoms with Gasteiger partial charge in [0.1, 0.15) is 0 Å². The first-order chi connectivity index (χ1) is 6.74. The highest BCUT2D eigenvalue weighted by molar-refractivity contribution is 8.00. The molecule has 0 amide bonds. The molecule has 1 aliphatic heterocycles. The van der Waals surface area contributed by atoms with Gasteiger partial charge in [0, 0.05) is 0 Å². The van der Waals surface area contributed by atoms with Crippen molar-refractivity contribution in [2.75, 3.05) is 12.8 Å². The Labute approximate surface area is 87.8 Å². The van der Waals surface area contributed by atoms with Crippen LogP contribution >= 0.6 is 11.8 Å². The van der Waals surface area contributed by atoms with Gasteiger partial charge < -0.3 is 9.84 Å². The molecule has 1 aromatic heterocycles. The number of nitrogens with one attached hydrogen (secondary N) is 1. The second-order valence-electron chi connectivity index (χ2n) is 3.73. The van der Waals surface area contributed by atoms with Crippen LogP contribution < -0.4 is 5.32 Å². The van der Waals surface area contributed by atoms with E-state index in [-0.39, 0.29) is 4.75 Å². The molecule has 4 nitrogen and oxygen atoms in total. The van der Waals surface area contributed by atoms with Crippen LogP contribution in [0.5, 0.6) is 0 Å². The minimum absolute atomic E-state index is 0.0546. The molecule has 1 unspecified atom stereocenters. The van der Waals surface area contributed by atoms with Crippen LogP contribution in [-0.4, -0.2) is 22.9 Å². The third kappa shape index (κ3) is 1.79. The smallest absolute Gasteiger partial charge is 0.242 e. The molecule has 78 valence electrons. The summed E-state index contributed by atoms with van der Waals surface area (Å²) < 4.78 is 5.34. The molecule has 1 aromatic rings. The Hall–Kier alpha value is -0.550. The third-order valence-electron chi connectivity index (χ3n) is 2.47. The van der Waals surface area contributed by atoms with Gasteiger partial charge in [-0.3, -0.25) is 0 Å². The number of hydrogen-bond acceptors (Lipinski definition) is 5. The molecule has 1 atom stereocenters. The average molecular weight is 213 g/mol. The van der Waals surface area contributed by atoms with Crippen molar-refractivity contribution in [1.29, 1.82) is 0 Å². The molecule has 0 radical (unpaired) electrons. The van der Waals surface area contributed by atoms with Crippen LogP contribution in [0.3, 0.4) is 0 Å². The van der Waals surface area contributed by atoms with Gasteiger partial charge >= 0.3 is 0 Å². The average Bonchev–Trinajstić information content (AvgIpc) is 2.75. The number of rotatable bonds is 3. The van der Waals surface area contributed by atoms with Gasteiger partial charge in [-0.05, 0) is 32.6 Å². The summed E-state index contributed by atoms with van der Waals surface area (Å²) in [7, 11) is 1.88. The van der Waals surface area contributed by atoms with Gasteiger partial charge in [0.2, 0.25) is 5.89 Å². The van der Waals surface area contributed by atoms with Crippen molar-refractivity contribution in [1.82, 2.24) is 15.5 Å². The van der Waals surface area contributed by atoms with Crippen LogP contribution in [0.1, 0.15) is 31.5 Å². The van der Waals surface area contributed by atoms with Gasteiger partial charge in [-0.1, -0.05) is 5.16 Å². The van der Waals surface area contributed by atoms with E-state index in [1.807, 2.05) is 18.8 Å². The molecular formula is C9H15N3OS. The standard InChI is InChI=1S/C9H15N3OS/c1-9(4-3-5-14-9)8-11-7(6-10-2)12-13-8/h10H,3-6H2,1-2H3. The Morgan fingerprint density at radius 3 is 3.14 bits per heavy atom. The lowest BCUT2D eigenvalue weighted by Crippen LogP contribution is -2.14. The highest BCUT2D eigenvalue weighted by Gasteiger charge is 2.36. The van der Waals surface area contributed by atoms with Gasteiger partial charge in [0.15, 0.2) is 5.82 Å². The SMILES string of the molecule is CNCc1noc(C2(C)CCCS2)n1. The van der Waals surface area contributed by atoms with Gasteiger partial charge in [-0.2, -0.15) is 4.98 Å². The number of thioether (sulfide) groups is 1. The summed E-state index contributed by atoms with van der Waals surface area (Å²) in [4.78, 5) is 4.39. The zero-order chi connectivity index (χ0) is 10.0.